The first-order chi connectivity index (χ1) is 14.5. The fourth-order valence-corrected chi connectivity index (χ4v) is 3.06. The Bertz CT molecular complexity index is 1140. The van der Waals surface area contributed by atoms with Gasteiger partial charge in [-0.15, -0.1) is 0 Å². The minimum atomic E-state index is -1.01. The third-order valence-corrected chi connectivity index (χ3v) is 4.82. The number of rotatable bonds is 8. The van der Waals surface area contributed by atoms with Gasteiger partial charge in [-0.05, 0) is 12.1 Å². The SMILES string of the molecule is CNc1cc(Nc2cccn(CCOC)c2=O)nc2c(C(=O)NC3CC3F)cnn12. The number of carbonyl (C=O) groups excluding carboxylic acids is 1. The van der Waals surface area contributed by atoms with Crippen molar-refractivity contribution in [2.75, 3.05) is 31.4 Å². The number of aromatic nitrogens is 4. The molecule has 2 atom stereocenters. The van der Waals surface area contributed by atoms with Gasteiger partial charge >= 0.3 is 0 Å². The Morgan fingerprint density at radius 1 is 1.43 bits per heavy atom. The third kappa shape index (κ3) is 3.83. The summed E-state index contributed by atoms with van der Waals surface area (Å²) in [4.78, 5) is 29.6. The largest absolute Gasteiger partial charge is 0.383 e. The van der Waals surface area contributed by atoms with E-state index in [1.807, 2.05) is 0 Å². The van der Waals surface area contributed by atoms with Gasteiger partial charge in [-0.2, -0.15) is 9.61 Å². The molecule has 0 radical (unpaired) electrons. The maximum atomic E-state index is 13.2. The number of fused-ring (bicyclic) bond motifs is 1. The molecule has 3 heterocycles. The van der Waals surface area contributed by atoms with Gasteiger partial charge in [0.25, 0.3) is 11.5 Å². The van der Waals surface area contributed by atoms with Crippen LogP contribution in [-0.2, 0) is 11.3 Å². The molecule has 0 bridgehead atoms. The number of hydrogen-bond donors (Lipinski definition) is 3. The summed E-state index contributed by atoms with van der Waals surface area (Å²) >= 11 is 0. The average molecular weight is 415 g/mol. The normalized spacial score (nSPS) is 17.7. The summed E-state index contributed by atoms with van der Waals surface area (Å²) in [7, 11) is 3.28. The van der Waals surface area contributed by atoms with Crippen LogP contribution in [0.1, 0.15) is 16.8 Å². The molecule has 1 fully saturated rings. The highest BCUT2D eigenvalue weighted by atomic mass is 19.1. The van der Waals surface area contributed by atoms with Gasteiger partial charge in [0.1, 0.15) is 29.1 Å². The topological polar surface area (TPSA) is 115 Å². The quantitative estimate of drug-likeness (QED) is 0.506. The first-order valence-electron chi connectivity index (χ1n) is 9.48. The highest BCUT2D eigenvalue weighted by Crippen LogP contribution is 2.26. The summed E-state index contributed by atoms with van der Waals surface area (Å²) in [6.45, 7) is 0.829. The number of carbonyl (C=O) groups is 1. The van der Waals surface area contributed by atoms with Crippen LogP contribution in [0, 0.1) is 0 Å². The van der Waals surface area contributed by atoms with Gasteiger partial charge in [-0.1, -0.05) is 0 Å². The van der Waals surface area contributed by atoms with E-state index >= 15 is 0 Å². The maximum Gasteiger partial charge on any atom is 0.274 e. The van der Waals surface area contributed by atoms with E-state index in [1.54, 1.807) is 38.6 Å². The fourth-order valence-electron chi connectivity index (χ4n) is 3.06. The predicted octanol–water partition coefficient (Wildman–Crippen LogP) is 1.16. The van der Waals surface area contributed by atoms with Crippen molar-refractivity contribution < 1.29 is 13.9 Å². The fraction of sp³-hybridized carbons (Fsp3) is 0.368. The highest BCUT2D eigenvalue weighted by molar-refractivity contribution is 6.00. The molecule has 10 nitrogen and oxygen atoms in total. The number of methoxy groups -OCH3 is 1. The molecule has 0 spiro atoms. The molecule has 0 saturated heterocycles. The Kier molecular flexibility index (Phi) is 5.36. The molecule has 3 aromatic heterocycles. The number of ether oxygens (including phenoxy) is 1. The number of anilines is 3. The van der Waals surface area contributed by atoms with E-state index in [4.69, 9.17) is 4.74 Å². The van der Waals surface area contributed by atoms with Crippen molar-refractivity contribution in [2.45, 2.75) is 25.2 Å². The number of nitrogens with zero attached hydrogens (tertiary/aromatic N) is 4. The number of alkyl halides is 1. The lowest BCUT2D eigenvalue weighted by Crippen LogP contribution is -2.27. The summed E-state index contributed by atoms with van der Waals surface area (Å²) in [5.74, 6) is 0.480. The molecule has 1 aliphatic carbocycles. The second-order valence-corrected chi connectivity index (χ2v) is 6.94. The molecule has 158 valence electrons. The van der Waals surface area contributed by atoms with E-state index in [2.05, 4.69) is 26.0 Å². The van der Waals surface area contributed by atoms with Crippen molar-refractivity contribution >= 4 is 28.9 Å². The summed E-state index contributed by atoms with van der Waals surface area (Å²) in [5.41, 5.74) is 0.612. The van der Waals surface area contributed by atoms with Crippen LogP contribution in [-0.4, -0.2) is 58.1 Å². The van der Waals surface area contributed by atoms with Gasteiger partial charge in [-0.25, -0.2) is 9.37 Å². The summed E-state index contributed by atoms with van der Waals surface area (Å²) < 4.78 is 21.2. The van der Waals surface area contributed by atoms with Crippen molar-refractivity contribution in [1.29, 1.82) is 0 Å². The molecule has 11 heteroatoms. The zero-order chi connectivity index (χ0) is 21.3. The smallest absolute Gasteiger partial charge is 0.274 e. The van der Waals surface area contributed by atoms with E-state index in [0.717, 1.165) is 0 Å². The van der Waals surface area contributed by atoms with Gasteiger partial charge in [0.05, 0.1) is 18.8 Å². The Hall–Kier alpha value is -3.47. The van der Waals surface area contributed by atoms with Crippen LogP contribution >= 0.6 is 0 Å². The number of amides is 1. The minimum absolute atomic E-state index is 0.222. The van der Waals surface area contributed by atoms with Crippen LogP contribution in [0.4, 0.5) is 21.7 Å². The molecule has 2 unspecified atom stereocenters. The summed E-state index contributed by atoms with van der Waals surface area (Å²) in [6.07, 6.45) is 2.37. The Morgan fingerprint density at radius 3 is 2.93 bits per heavy atom. The lowest BCUT2D eigenvalue weighted by atomic mass is 10.3. The monoisotopic (exact) mass is 415 g/mol. The molecule has 3 aromatic rings. The molecule has 4 rings (SSSR count). The van der Waals surface area contributed by atoms with Crippen LogP contribution in [0.2, 0.25) is 0 Å². The first-order valence-corrected chi connectivity index (χ1v) is 9.48. The minimum Gasteiger partial charge on any atom is -0.383 e. The molecule has 0 aliphatic heterocycles. The van der Waals surface area contributed by atoms with Gasteiger partial charge in [0, 0.05) is 39.4 Å². The standard InChI is InChI=1S/C19H22FN7O3/c1-21-16-9-15(23-13-4-3-5-26(19(13)29)6-7-30-2)25-17-11(10-22-27(16)17)18(28)24-14-8-12(14)20/h3-5,9-10,12,14,21H,6-8H2,1-2H3,(H,23,25)(H,24,28). The summed E-state index contributed by atoms with van der Waals surface area (Å²) in [6, 6.07) is 4.60. The van der Waals surface area contributed by atoms with Crippen LogP contribution in [0.15, 0.2) is 35.4 Å². The van der Waals surface area contributed by atoms with Gasteiger partial charge in [0.15, 0.2) is 5.65 Å². The summed E-state index contributed by atoms with van der Waals surface area (Å²) in [5, 5.41) is 12.8. The molecule has 3 N–H and O–H groups in total. The lowest BCUT2D eigenvalue weighted by molar-refractivity contribution is 0.0949. The highest BCUT2D eigenvalue weighted by Gasteiger charge is 2.39. The van der Waals surface area contributed by atoms with E-state index in [-0.39, 0.29) is 16.8 Å². The van der Waals surface area contributed by atoms with Crippen LogP contribution in [0.25, 0.3) is 5.65 Å². The second kappa shape index (κ2) is 8.11. The number of halogens is 1. The zero-order valence-corrected chi connectivity index (χ0v) is 16.6. The molecular formula is C19H22FN7O3. The van der Waals surface area contributed by atoms with Crippen molar-refractivity contribution in [3.63, 3.8) is 0 Å². The molecule has 1 amide bonds. The Balaban J connectivity index is 1.67. The molecule has 1 saturated carbocycles. The molecule has 1 aliphatic rings. The average Bonchev–Trinajstić information content (AvgIpc) is 3.25. The Morgan fingerprint density at radius 2 is 2.23 bits per heavy atom. The number of nitrogens with one attached hydrogen (secondary N) is 3. The number of hydrogen-bond acceptors (Lipinski definition) is 7. The van der Waals surface area contributed by atoms with E-state index in [1.165, 1.54) is 15.3 Å². The van der Waals surface area contributed by atoms with Crippen molar-refractivity contribution in [1.82, 2.24) is 24.5 Å². The van der Waals surface area contributed by atoms with Gasteiger partial charge in [0.2, 0.25) is 0 Å². The molecule has 30 heavy (non-hydrogen) atoms. The predicted molar refractivity (Wildman–Crippen MR) is 109 cm³/mol. The van der Waals surface area contributed by atoms with Crippen LogP contribution in [0.5, 0.6) is 0 Å². The van der Waals surface area contributed by atoms with Crippen molar-refractivity contribution in [3.8, 4) is 0 Å². The van der Waals surface area contributed by atoms with Crippen molar-refractivity contribution in [3.05, 3.63) is 46.5 Å². The number of pyridine rings is 1. The van der Waals surface area contributed by atoms with E-state index < -0.39 is 18.1 Å². The maximum absolute atomic E-state index is 13.2. The first kappa shape index (κ1) is 19.8. The second-order valence-electron chi connectivity index (χ2n) is 6.94. The van der Waals surface area contributed by atoms with E-state index in [0.29, 0.717) is 36.9 Å². The van der Waals surface area contributed by atoms with Crippen LogP contribution in [0.3, 0.4) is 0 Å². The third-order valence-electron chi connectivity index (χ3n) is 4.82. The Labute approximate surface area is 171 Å². The zero-order valence-electron chi connectivity index (χ0n) is 16.6. The van der Waals surface area contributed by atoms with E-state index in [9.17, 15) is 14.0 Å². The van der Waals surface area contributed by atoms with Gasteiger partial charge in [-0.3, -0.25) is 9.59 Å². The van der Waals surface area contributed by atoms with Gasteiger partial charge < -0.3 is 25.3 Å². The van der Waals surface area contributed by atoms with Crippen LogP contribution < -0.4 is 21.5 Å². The van der Waals surface area contributed by atoms with Crippen molar-refractivity contribution in [2.24, 2.45) is 0 Å². The molecular weight excluding hydrogens is 393 g/mol. The lowest BCUT2D eigenvalue weighted by Gasteiger charge is -2.11. The molecule has 0 aromatic carbocycles.